The Morgan fingerprint density at radius 3 is 1.40 bits per heavy atom. The number of rotatable bonds is 3. The van der Waals surface area contributed by atoms with Gasteiger partial charge in [-0.3, -0.25) is 0 Å². The van der Waals surface area contributed by atoms with Gasteiger partial charge in [0.15, 0.2) is 0 Å². The van der Waals surface area contributed by atoms with E-state index in [9.17, 15) is 0 Å². The number of methoxy groups -OCH3 is 1. The zero-order valence-electron chi connectivity index (χ0n) is 13.3. The maximum Gasteiger partial charge on any atom is 0.364 e. The lowest BCUT2D eigenvalue weighted by Gasteiger charge is -2.17. The molecule has 2 aromatic carbocycles. The molecule has 6 nitrogen and oxygen atoms in total. The topological polar surface area (TPSA) is 113 Å². The lowest BCUT2D eigenvalue weighted by molar-refractivity contribution is -2.00. The predicted molar refractivity (Wildman–Crippen MR) is 80.5 cm³/mol. The van der Waals surface area contributed by atoms with Crippen molar-refractivity contribution in [1.82, 2.24) is 0 Å². The molecule has 0 radical (unpaired) electrons. The number of benzene rings is 2. The molecule has 1 heterocycles. The average molecular weight is 363 g/mol. The van der Waals surface area contributed by atoms with Crippen molar-refractivity contribution < 1.29 is 38.0 Å². The van der Waals surface area contributed by atoms with Crippen LogP contribution >= 0.6 is 0 Å². The van der Waals surface area contributed by atoms with E-state index >= 15 is 0 Å². The van der Waals surface area contributed by atoms with Crippen LogP contribution in [0, 0.1) is 10.2 Å². The van der Waals surface area contributed by atoms with Crippen LogP contribution in [0.1, 0.15) is 0 Å². The first-order chi connectivity index (χ1) is 11.9. The summed E-state index contributed by atoms with van der Waals surface area (Å²) in [5, 5.41) is 0. The first kappa shape index (κ1) is 18.9. The van der Waals surface area contributed by atoms with Gasteiger partial charge in [0, 0.05) is 0 Å². The van der Waals surface area contributed by atoms with Gasteiger partial charge >= 0.3 is 11.5 Å². The fraction of sp³-hybridized carbons (Fsp3) is 0.0556. The second kappa shape index (κ2) is 8.57. The van der Waals surface area contributed by atoms with Crippen LogP contribution in [0.15, 0.2) is 77.2 Å². The molecule has 0 fully saturated rings. The number of hydrogen-bond donors (Lipinski definition) is 0. The van der Waals surface area contributed by atoms with Gasteiger partial charge in [0.1, 0.15) is 5.75 Å². The SMILES string of the molecule is COc1cc(-c2ccccc2)[o+]c(-c2ccccc2)c1.[O-][Cl+3]([O-])([O-])[O-]. The van der Waals surface area contributed by atoms with Gasteiger partial charge in [0.25, 0.3) is 0 Å². The summed E-state index contributed by atoms with van der Waals surface area (Å²) in [5.41, 5.74) is 2.06. The molecule has 0 aliphatic carbocycles. The van der Waals surface area contributed by atoms with Crippen molar-refractivity contribution in [3.05, 3.63) is 72.8 Å². The van der Waals surface area contributed by atoms with E-state index in [0.29, 0.717) is 0 Å². The first-order valence-corrected chi connectivity index (χ1v) is 8.35. The fourth-order valence-corrected chi connectivity index (χ4v) is 2.08. The molecule has 0 atom stereocenters. The van der Waals surface area contributed by atoms with Crippen LogP contribution in [0.5, 0.6) is 5.75 Å². The van der Waals surface area contributed by atoms with E-state index in [1.54, 1.807) is 7.11 Å². The summed E-state index contributed by atoms with van der Waals surface area (Å²) in [6.45, 7) is 0. The summed E-state index contributed by atoms with van der Waals surface area (Å²) in [6.07, 6.45) is 0. The van der Waals surface area contributed by atoms with Gasteiger partial charge in [0.2, 0.25) is 0 Å². The Kier molecular flexibility index (Phi) is 6.46. The number of hydrogen-bond acceptors (Lipinski definition) is 5. The number of halogens is 1. The van der Waals surface area contributed by atoms with Crippen molar-refractivity contribution in [3.63, 3.8) is 0 Å². The predicted octanol–water partition coefficient (Wildman–Crippen LogP) is 0.147. The summed E-state index contributed by atoms with van der Waals surface area (Å²) < 4.78 is 45.4. The molecule has 0 unspecified atom stereocenters. The maximum absolute atomic E-state index is 8.49. The average Bonchev–Trinajstić information content (AvgIpc) is 2.61. The highest BCUT2D eigenvalue weighted by atomic mass is 35.7. The molecule has 0 aliphatic rings. The van der Waals surface area contributed by atoms with Gasteiger partial charge < -0.3 is 4.74 Å². The van der Waals surface area contributed by atoms with Crippen molar-refractivity contribution in [3.8, 4) is 28.4 Å². The molecule has 0 saturated heterocycles. The third-order valence-electron chi connectivity index (χ3n) is 3.12. The van der Waals surface area contributed by atoms with Crippen LogP contribution in [-0.4, -0.2) is 7.11 Å². The van der Waals surface area contributed by atoms with Crippen molar-refractivity contribution in [2.45, 2.75) is 0 Å². The minimum absolute atomic E-state index is 0.786. The molecule has 3 rings (SSSR count). The fourth-order valence-electron chi connectivity index (χ4n) is 2.08. The monoisotopic (exact) mass is 362 g/mol. The Bertz CT molecular complexity index is 724. The molecular weight excluding hydrogens is 348 g/mol. The highest BCUT2D eigenvalue weighted by molar-refractivity contribution is 5.65. The van der Waals surface area contributed by atoms with Gasteiger partial charge in [-0.1, -0.05) is 36.4 Å². The number of ether oxygens (including phenoxy) is 1. The third-order valence-corrected chi connectivity index (χ3v) is 3.12. The van der Waals surface area contributed by atoms with Crippen LogP contribution in [0.2, 0.25) is 0 Å². The van der Waals surface area contributed by atoms with Gasteiger partial charge in [-0.25, -0.2) is 23.1 Å². The molecule has 130 valence electrons. The van der Waals surface area contributed by atoms with Gasteiger partial charge in [-0.2, -0.15) is 0 Å². The minimum Gasteiger partial charge on any atom is -0.496 e. The van der Waals surface area contributed by atoms with Crippen molar-refractivity contribution in [2.75, 3.05) is 7.11 Å². The molecule has 0 spiro atoms. The Morgan fingerprint density at radius 1 is 0.720 bits per heavy atom. The summed E-state index contributed by atoms with van der Waals surface area (Å²) in [6, 6.07) is 23.8. The first-order valence-electron chi connectivity index (χ1n) is 7.11. The van der Waals surface area contributed by atoms with E-state index in [1.807, 2.05) is 72.8 Å². The minimum atomic E-state index is -4.94. The summed E-state index contributed by atoms with van der Waals surface area (Å²) in [4.78, 5) is 0. The largest absolute Gasteiger partial charge is 0.496 e. The Hall–Kier alpha value is -2.48. The van der Waals surface area contributed by atoms with Crippen LogP contribution in [-0.2, 0) is 0 Å². The lowest BCUT2D eigenvalue weighted by atomic mass is 10.1. The quantitative estimate of drug-likeness (QED) is 0.613. The molecule has 7 heteroatoms. The van der Waals surface area contributed by atoms with E-state index in [0.717, 1.165) is 28.4 Å². The van der Waals surface area contributed by atoms with Crippen LogP contribution < -0.4 is 23.4 Å². The second-order valence-electron chi connectivity index (χ2n) is 4.84. The summed E-state index contributed by atoms with van der Waals surface area (Å²) in [7, 11) is -3.28. The second-order valence-corrected chi connectivity index (χ2v) is 5.59. The maximum atomic E-state index is 8.49. The normalized spacial score (nSPS) is 10.6. The Balaban J connectivity index is 0.000000399. The molecular formula is C18H15ClO6. The molecule has 0 amide bonds. The van der Waals surface area contributed by atoms with E-state index < -0.39 is 10.2 Å². The molecule has 25 heavy (non-hydrogen) atoms. The van der Waals surface area contributed by atoms with Crippen LogP contribution in [0.25, 0.3) is 22.6 Å². The van der Waals surface area contributed by atoms with Crippen LogP contribution in [0.4, 0.5) is 0 Å². The molecule has 1 aromatic heterocycles. The molecule has 0 bridgehead atoms. The van der Waals surface area contributed by atoms with Crippen LogP contribution in [0.3, 0.4) is 0 Å². The third kappa shape index (κ3) is 6.50. The van der Waals surface area contributed by atoms with Gasteiger partial charge in [0.05, 0.1) is 30.4 Å². The zero-order chi connectivity index (χ0) is 18.3. The molecule has 0 N–H and O–H groups in total. The highest BCUT2D eigenvalue weighted by Gasteiger charge is 2.19. The van der Waals surface area contributed by atoms with Crippen molar-refractivity contribution in [2.24, 2.45) is 0 Å². The van der Waals surface area contributed by atoms with E-state index in [-0.39, 0.29) is 0 Å². The smallest absolute Gasteiger partial charge is 0.364 e. The molecule has 0 saturated carbocycles. The highest BCUT2D eigenvalue weighted by Crippen LogP contribution is 2.31. The van der Waals surface area contributed by atoms with E-state index in [4.69, 9.17) is 27.8 Å². The van der Waals surface area contributed by atoms with E-state index in [2.05, 4.69) is 0 Å². The Labute approximate surface area is 146 Å². The molecule has 3 aromatic rings. The lowest BCUT2D eigenvalue weighted by Crippen LogP contribution is -2.68. The van der Waals surface area contributed by atoms with Crippen molar-refractivity contribution >= 4 is 0 Å². The zero-order valence-corrected chi connectivity index (χ0v) is 14.0. The summed E-state index contributed by atoms with van der Waals surface area (Å²) >= 11 is 0. The van der Waals surface area contributed by atoms with Crippen molar-refractivity contribution in [1.29, 1.82) is 0 Å². The summed E-state index contributed by atoms with van der Waals surface area (Å²) in [5.74, 6) is 2.38. The molecule has 0 aliphatic heterocycles. The Morgan fingerprint density at radius 2 is 1.08 bits per heavy atom. The van der Waals surface area contributed by atoms with E-state index in [1.165, 1.54) is 0 Å². The van der Waals surface area contributed by atoms with Gasteiger partial charge in [-0.05, 0) is 24.3 Å². The van der Waals surface area contributed by atoms with Gasteiger partial charge in [-0.15, -0.1) is 10.2 Å². The standard InChI is InChI=1S/C18H15O2.ClHO4/c1-19-16-12-17(14-8-4-2-5-9-14)20-18(13-16)15-10-6-3-7-11-15;2-1(3,4)5/h2-13H,1H3;(H,2,3,4,5)/q+1;/p-1.